The van der Waals surface area contributed by atoms with Crippen molar-refractivity contribution in [3.63, 3.8) is 0 Å². The van der Waals surface area contributed by atoms with Crippen molar-refractivity contribution in [2.24, 2.45) is 10.1 Å². The summed E-state index contributed by atoms with van der Waals surface area (Å²) in [6.45, 7) is 0. The molecule has 2 aliphatic rings. The van der Waals surface area contributed by atoms with Crippen LogP contribution in [-0.4, -0.2) is 51.9 Å². The lowest BCUT2D eigenvalue weighted by molar-refractivity contribution is -0.294. The number of fused-ring (bicyclic) bond motifs is 1. The lowest BCUT2D eigenvalue weighted by atomic mass is 9.96. The predicted molar refractivity (Wildman–Crippen MR) is 108 cm³/mol. The summed E-state index contributed by atoms with van der Waals surface area (Å²) in [5.41, 5.74) is -3.01. The SMILES string of the molecule is COC(=O)/C=C1/SC(N2N=C(c3cccc4ccccc34)C[C@]2(O)C(F)(F)F)=NC1=O. The Kier molecular flexibility index (Phi) is 5.10. The van der Waals surface area contributed by atoms with Crippen LogP contribution in [0, 0.1) is 0 Å². The number of esters is 1. The van der Waals surface area contributed by atoms with Gasteiger partial charge in [-0.25, -0.2) is 4.79 Å². The maximum absolute atomic E-state index is 13.9. The number of carbonyl (C=O) groups excluding carboxylic acids is 2. The normalized spacial score (nSPS) is 22.8. The van der Waals surface area contributed by atoms with Gasteiger partial charge in [0.2, 0.25) is 0 Å². The number of rotatable bonds is 2. The smallest absolute Gasteiger partial charge is 0.438 e. The number of hydrogen-bond acceptors (Lipinski definition) is 7. The zero-order valence-electron chi connectivity index (χ0n) is 15.9. The van der Waals surface area contributed by atoms with Gasteiger partial charge in [0.15, 0.2) is 5.17 Å². The second kappa shape index (κ2) is 7.50. The Labute approximate surface area is 177 Å². The van der Waals surface area contributed by atoms with Crippen LogP contribution < -0.4 is 0 Å². The molecule has 2 aliphatic heterocycles. The van der Waals surface area contributed by atoms with Gasteiger partial charge < -0.3 is 9.84 Å². The monoisotopic (exact) mass is 449 g/mol. The molecule has 7 nitrogen and oxygen atoms in total. The van der Waals surface area contributed by atoms with Gasteiger partial charge in [0.25, 0.3) is 11.6 Å². The van der Waals surface area contributed by atoms with Crippen LogP contribution in [0.15, 0.2) is 63.5 Å². The number of amides is 1. The average Bonchev–Trinajstić information content (AvgIpc) is 3.27. The van der Waals surface area contributed by atoms with Gasteiger partial charge in [-0.3, -0.25) is 4.79 Å². The van der Waals surface area contributed by atoms with Gasteiger partial charge in [-0.2, -0.15) is 28.3 Å². The Balaban J connectivity index is 1.79. The number of hydrazone groups is 1. The van der Waals surface area contributed by atoms with E-state index in [1.54, 1.807) is 30.3 Å². The largest absolute Gasteiger partial charge is 0.466 e. The number of carbonyl (C=O) groups is 2. The number of nitrogens with zero attached hydrogens (tertiary/aromatic N) is 3. The number of aliphatic imine (C=N–C) groups is 1. The van der Waals surface area contributed by atoms with E-state index in [4.69, 9.17) is 0 Å². The molecule has 160 valence electrons. The number of halogens is 3. The number of methoxy groups -OCH3 is 1. The summed E-state index contributed by atoms with van der Waals surface area (Å²) < 4.78 is 46.2. The Morgan fingerprint density at radius 2 is 1.97 bits per heavy atom. The quantitative estimate of drug-likeness (QED) is 0.559. The Morgan fingerprint density at radius 1 is 1.26 bits per heavy atom. The molecule has 0 bridgehead atoms. The third kappa shape index (κ3) is 3.59. The summed E-state index contributed by atoms with van der Waals surface area (Å²) in [6.07, 6.45) is -5.15. The van der Waals surface area contributed by atoms with Gasteiger partial charge in [0.1, 0.15) is 0 Å². The average molecular weight is 449 g/mol. The first-order valence-corrected chi connectivity index (χ1v) is 9.71. The van der Waals surface area contributed by atoms with Gasteiger partial charge >= 0.3 is 12.1 Å². The van der Waals surface area contributed by atoms with Crippen molar-refractivity contribution in [3.8, 4) is 0 Å². The van der Waals surface area contributed by atoms with E-state index in [0.717, 1.165) is 18.6 Å². The van der Waals surface area contributed by atoms with E-state index >= 15 is 0 Å². The highest BCUT2D eigenvalue weighted by Crippen LogP contribution is 2.45. The van der Waals surface area contributed by atoms with Crippen molar-refractivity contribution in [1.82, 2.24) is 5.01 Å². The molecule has 2 heterocycles. The van der Waals surface area contributed by atoms with Crippen LogP contribution in [0.5, 0.6) is 0 Å². The molecule has 0 radical (unpaired) electrons. The first-order chi connectivity index (χ1) is 14.6. The number of amidine groups is 1. The maximum Gasteiger partial charge on any atom is 0.438 e. The minimum Gasteiger partial charge on any atom is -0.466 e. The van der Waals surface area contributed by atoms with Gasteiger partial charge in [0.05, 0.1) is 24.1 Å². The third-order valence-corrected chi connectivity index (χ3v) is 5.74. The Morgan fingerprint density at radius 3 is 2.68 bits per heavy atom. The summed E-state index contributed by atoms with van der Waals surface area (Å²) in [6, 6.07) is 12.2. The minimum atomic E-state index is -5.11. The number of alkyl halides is 3. The van der Waals surface area contributed by atoms with Crippen LogP contribution in [-0.2, 0) is 14.3 Å². The molecule has 31 heavy (non-hydrogen) atoms. The van der Waals surface area contributed by atoms with E-state index in [0.29, 0.717) is 27.7 Å². The highest BCUT2D eigenvalue weighted by Gasteiger charge is 2.63. The highest BCUT2D eigenvalue weighted by molar-refractivity contribution is 8.18. The zero-order valence-corrected chi connectivity index (χ0v) is 16.7. The van der Waals surface area contributed by atoms with Crippen molar-refractivity contribution < 1.29 is 32.6 Å². The molecule has 0 spiro atoms. The van der Waals surface area contributed by atoms with E-state index in [9.17, 15) is 27.9 Å². The summed E-state index contributed by atoms with van der Waals surface area (Å²) in [5.74, 6) is -1.79. The second-order valence-electron chi connectivity index (χ2n) is 6.71. The number of ether oxygens (including phenoxy) is 1. The second-order valence-corrected chi connectivity index (χ2v) is 7.72. The topological polar surface area (TPSA) is 91.6 Å². The first kappa shape index (κ1) is 21.1. The molecule has 0 fully saturated rings. The van der Waals surface area contributed by atoms with Crippen LogP contribution in [0.25, 0.3) is 10.8 Å². The molecule has 1 amide bonds. The maximum atomic E-state index is 13.9. The number of hydrogen-bond donors (Lipinski definition) is 1. The van der Waals surface area contributed by atoms with E-state index in [2.05, 4.69) is 14.8 Å². The van der Waals surface area contributed by atoms with Crippen molar-refractivity contribution in [1.29, 1.82) is 0 Å². The number of benzene rings is 2. The van der Waals surface area contributed by atoms with Gasteiger partial charge in [-0.15, -0.1) is 0 Å². The molecule has 0 saturated carbocycles. The molecule has 1 atom stereocenters. The minimum absolute atomic E-state index is 0.0160. The van der Waals surface area contributed by atoms with Gasteiger partial charge in [-0.05, 0) is 22.5 Å². The van der Waals surface area contributed by atoms with Crippen LogP contribution in [0.1, 0.15) is 12.0 Å². The van der Waals surface area contributed by atoms with Crippen molar-refractivity contribution in [3.05, 3.63) is 59.0 Å². The van der Waals surface area contributed by atoms with Gasteiger partial charge in [-0.1, -0.05) is 42.5 Å². The first-order valence-electron chi connectivity index (χ1n) is 8.89. The standard InChI is InChI=1S/C20H14F3N3O4S/c1-30-16(27)9-15-17(28)24-18(31-15)26-19(29,20(21,22)23)10-14(25-26)13-8-4-6-11-5-2-3-7-12(11)13/h2-9,29H,10H2,1H3/b15-9+/t19-/m0/s1. The van der Waals surface area contributed by atoms with Crippen LogP contribution >= 0.6 is 11.8 Å². The molecule has 4 rings (SSSR count). The highest BCUT2D eigenvalue weighted by atomic mass is 32.2. The molecule has 0 unspecified atom stereocenters. The number of thioether (sulfide) groups is 1. The predicted octanol–water partition coefficient (Wildman–Crippen LogP) is 3.19. The molecule has 2 aromatic carbocycles. The third-order valence-electron chi connectivity index (χ3n) is 4.78. The fraction of sp³-hybridized carbons (Fsp3) is 0.200. The Hall–Kier alpha value is -3.18. The molecule has 1 N–H and O–H groups in total. The lowest BCUT2D eigenvalue weighted by Crippen LogP contribution is -2.56. The fourth-order valence-electron chi connectivity index (χ4n) is 3.25. The van der Waals surface area contributed by atoms with E-state index < -0.39 is 35.4 Å². The number of aliphatic hydroxyl groups is 1. The van der Waals surface area contributed by atoms with E-state index in [-0.39, 0.29) is 10.6 Å². The van der Waals surface area contributed by atoms with Crippen molar-refractivity contribution in [2.45, 2.75) is 18.3 Å². The summed E-state index contributed by atoms with van der Waals surface area (Å²) in [7, 11) is 1.09. The Bertz CT molecular complexity index is 1190. The van der Waals surface area contributed by atoms with Crippen LogP contribution in [0.2, 0.25) is 0 Å². The van der Waals surface area contributed by atoms with Crippen LogP contribution in [0.3, 0.4) is 0 Å². The zero-order chi connectivity index (χ0) is 22.4. The summed E-state index contributed by atoms with van der Waals surface area (Å²) in [4.78, 5) is 26.8. The molecule has 2 aromatic rings. The van der Waals surface area contributed by atoms with E-state index in [1.807, 2.05) is 12.1 Å². The van der Waals surface area contributed by atoms with Crippen molar-refractivity contribution >= 4 is 45.3 Å². The van der Waals surface area contributed by atoms with Crippen LogP contribution in [0.4, 0.5) is 13.2 Å². The van der Waals surface area contributed by atoms with E-state index in [1.165, 1.54) is 0 Å². The molecule has 11 heteroatoms. The molecule has 0 saturated heterocycles. The fourth-order valence-corrected chi connectivity index (χ4v) is 4.14. The lowest BCUT2D eigenvalue weighted by Gasteiger charge is -2.33. The van der Waals surface area contributed by atoms with Crippen molar-refractivity contribution in [2.75, 3.05) is 7.11 Å². The molecule has 0 aromatic heterocycles. The molecular formula is C20H14F3N3O4S. The molecule has 0 aliphatic carbocycles. The summed E-state index contributed by atoms with van der Waals surface area (Å²) in [5, 5.41) is 15.9. The summed E-state index contributed by atoms with van der Waals surface area (Å²) >= 11 is 0.499. The molecular weight excluding hydrogens is 435 g/mol. The van der Waals surface area contributed by atoms with Gasteiger partial charge in [0, 0.05) is 11.6 Å².